The Bertz CT molecular complexity index is 680. The van der Waals surface area contributed by atoms with Crippen molar-refractivity contribution in [3.63, 3.8) is 0 Å². The molecule has 0 amide bonds. The highest BCUT2D eigenvalue weighted by Gasteiger charge is 2.62. The topological polar surface area (TPSA) is 57.5 Å². The summed E-state index contributed by atoms with van der Waals surface area (Å²) in [7, 11) is 0. The average Bonchev–Trinajstić information content (AvgIpc) is 3.22. The van der Waals surface area contributed by atoms with Gasteiger partial charge in [-0.15, -0.1) is 0 Å². The Labute approximate surface area is 202 Å². The van der Waals surface area contributed by atoms with E-state index in [9.17, 15) is 15.0 Å². The minimum Gasteiger partial charge on any atom is -0.396 e. The lowest BCUT2D eigenvalue weighted by Gasteiger charge is -2.61. The Morgan fingerprint density at radius 3 is 2.27 bits per heavy atom. The molecule has 3 heteroatoms. The van der Waals surface area contributed by atoms with E-state index in [1.54, 1.807) is 0 Å². The molecule has 0 bridgehead atoms. The lowest BCUT2D eigenvalue weighted by atomic mass is 9.44. The van der Waals surface area contributed by atoms with Crippen LogP contribution in [0, 0.1) is 46.3 Å². The zero-order chi connectivity index (χ0) is 23.1. The lowest BCUT2D eigenvalue weighted by molar-refractivity contribution is -0.157. The van der Waals surface area contributed by atoms with E-state index < -0.39 is 0 Å². The van der Waals surface area contributed by atoms with Crippen molar-refractivity contribution in [1.82, 2.24) is 0 Å². The van der Waals surface area contributed by atoms with E-state index in [0.717, 1.165) is 32.1 Å². The second kappa shape index (κ2) is 9.92. The van der Waals surface area contributed by atoms with Gasteiger partial charge in [0.1, 0.15) is 5.78 Å². The second-order valence-electron chi connectivity index (χ2n) is 13.4. The molecule has 5 rings (SSSR count). The fourth-order valence-electron chi connectivity index (χ4n) is 10.2. The maximum atomic E-state index is 13.7. The van der Waals surface area contributed by atoms with Crippen molar-refractivity contribution < 1.29 is 15.0 Å². The van der Waals surface area contributed by atoms with Gasteiger partial charge in [-0.05, 0) is 98.2 Å². The van der Waals surface area contributed by atoms with Gasteiger partial charge in [-0.2, -0.15) is 0 Å². The first kappa shape index (κ1) is 24.3. The number of rotatable bonds is 4. The summed E-state index contributed by atoms with van der Waals surface area (Å²) in [6.07, 6.45) is 21.3. The first-order valence-corrected chi connectivity index (χ1v) is 14.8. The van der Waals surface area contributed by atoms with Crippen molar-refractivity contribution in [3.8, 4) is 0 Å². The van der Waals surface area contributed by atoms with Crippen LogP contribution in [0.2, 0.25) is 0 Å². The summed E-state index contributed by atoms with van der Waals surface area (Å²) in [5.74, 6) is 3.98. The molecular weight excluding hydrogens is 408 g/mol. The Balaban J connectivity index is 1.28. The zero-order valence-electron chi connectivity index (χ0n) is 21.3. The van der Waals surface area contributed by atoms with Gasteiger partial charge in [0.2, 0.25) is 0 Å². The summed E-state index contributed by atoms with van der Waals surface area (Å²) < 4.78 is 0. The van der Waals surface area contributed by atoms with Crippen LogP contribution in [-0.4, -0.2) is 28.7 Å². The number of hydrogen-bond donors (Lipinski definition) is 2. The summed E-state index contributed by atoms with van der Waals surface area (Å²) >= 11 is 0. The predicted molar refractivity (Wildman–Crippen MR) is 133 cm³/mol. The number of carbonyl (C=O) groups excluding carboxylic acids is 1. The highest BCUT2D eigenvalue weighted by atomic mass is 16.3. The number of aliphatic hydroxyl groups excluding tert-OH is 2. The van der Waals surface area contributed by atoms with Crippen LogP contribution in [0.5, 0.6) is 0 Å². The minimum absolute atomic E-state index is 0.0446. The molecule has 0 aromatic rings. The third-order valence-corrected chi connectivity index (χ3v) is 12.0. The van der Waals surface area contributed by atoms with Crippen LogP contribution in [0.15, 0.2) is 0 Å². The molecule has 5 fully saturated rings. The van der Waals surface area contributed by atoms with Crippen molar-refractivity contribution in [1.29, 1.82) is 0 Å². The van der Waals surface area contributed by atoms with E-state index in [0.29, 0.717) is 42.0 Å². The molecule has 5 aliphatic carbocycles. The summed E-state index contributed by atoms with van der Waals surface area (Å²) in [6.45, 7) is 2.79. The highest BCUT2D eigenvalue weighted by molar-refractivity contribution is 5.82. The molecule has 2 N–H and O–H groups in total. The van der Waals surface area contributed by atoms with E-state index in [2.05, 4.69) is 6.92 Å². The van der Waals surface area contributed by atoms with E-state index in [-0.39, 0.29) is 22.9 Å². The lowest BCUT2D eigenvalue weighted by Crippen LogP contribution is -2.56. The molecule has 3 nitrogen and oxygen atoms in total. The smallest absolute Gasteiger partial charge is 0.136 e. The molecule has 0 aliphatic heterocycles. The van der Waals surface area contributed by atoms with E-state index in [1.807, 2.05) is 0 Å². The molecule has 0 aromatic carbocycles. The molecule has 188 valence electrons. The largest absolute Gasteiger partial charge is 0.396 e. The van der Waals surface area contributed by atoms with Crippen LogP contribution in [0.1, 0.15) is 122 Å². The number of carbonyl (C=O) groups is 1. The Kier molecular flexibility index (Phi) is 7.30. The van der Waals surface area contributed by atoms with Gasteiger partial charge in [0.05, 0.1) is 6.10 Å². The van der Waals surface area contributed by atoms with E-state index in [1.165, 1.54) is 83.5 Å². The number of fused-ring (bicyclic) bond motifs is 5. The van der Waals surface area contributed by atoms with Crippen LogP contribution in [0.4, 0.5) is 0 Å². The molecular formula is C30H50O3. The quantitative estimate of drug-likeness (QED) is 0.493. The van der Waals surface area contributed by atoms with Gasteiger partial charge in [-0.3, -0.25) is 4.79 Å². The third kappa shape index (κ3) is 4.37. The zero-order valence-corrected chi connectivity index (χ0v) is 21.3. The van der Waals surface area contributed by atoms with Gasteiger partial charge in [0, 0.05) is 18.9 Å². The van der Waals surface area contributed by atoms with Crippen molar-refractivity contribution in [2.45, 2.75) is 129 Å². The van der Waals surface area contributed by atoms with Crippen LogP contribution in [-0.2, 0) is 4.79 Å². The summed E-state index contributed by atoms with van der Waals surface area (Å²) in [5.41, 5.74) is 0.233. The van der Waals surface area contributed by atoms with E-state index >= 15 is 0 Å². The molecule has 33 heavy (non-hydrogen) atoms. The van der Waals surface area contributed by atoms with Crippen molar-refractivity contribution in [3.05, 3.63) is 0 Å². The molecule has 0 spiro atoms. The van der Waals surface area contributed by atoms with E-state index in [4.69, 9.17) is 0 Å². The summed E-state index contributed by atoms with van der Waals surface area (Å²) in [6, 6.07) is 0. The number of Topliss-reactive ketones (excluding diaryl/α,β-unsaturated/α-hetero) is 1. The van der Waals surface area contributed by atoms with Gasteiger partial charge in [-0.25, -0.2) is 0 Å². The maximum absolute atomic E-state index is 13.7. The predicted octanol–water partition coefficient (Wildman–Crippen LogP) is 6.69. The molecule has 0 saturated heterocycles. The minimum atomic E-state index is -0.161. The molecule has 0 aromatic heterocycles. The molecule has 0 heterocycles. The van der Waals surface area contributed by atoms with Crippen LogP contribution in [0.3, 0.4) is 0 Å². The monoisotopic (exact) mass is 458 g/mol. The van der Waals surface area contributed by atoms with Crippen LogP contribution in [0.25, 0.3) is 0 Å². The first-order chi connectivity index (χ1) is 16.0. The SMILES string of the molecule is C[C@]12CCC3[C@@H](CC[C@@H]4C[C@H](O)CC[C@]34CO)[C@@H]1CC[C@@H]2C(=O)CC1CCCCCCCC1. The molecule has 1 unspecified atom stereocenters. The summed E-state index contributed by atoms with van der Waals surface area (Å²) in [5, 5.41) is 21.0. The normalized spacial score (nSPS) is 46.9. The molecule has 0 radical (unpaired) electrons. The van der Waals surface area contributed by atoms with Crippen LogP contribution >= 0.6 is 0 Å². The standard InChI is InChI=1S/C30H50O3/c1-29-16-15-26-24(11-10-22-19-23(32)14-17-30(22,26)20-31)25(29)12-13-27(29)28(33)18-21-8-6-4-2-3-5-7-9-21/h21-27,31-32H,2-20H2,1H3/t22-,23-,24+,25+,26?,27-,29+,30-/m1/s1. The van der Waals surface area contributed by atoms with Gasteiger partial charge >= 0.3 is 0 Å². The van der Waals surface area contributed by atoms with Crippen molar-refractivity contribution >= 4 is 5.78 Å². The van der Waals surface area contributed by atoms with Gasteiger partial charge < -0.3 is 10.2 Å². The summed E-state index contributed by atoms with van der Waals surface area (Å²) in [4.78, 5) is 13.7. The number of ketones is 1. The number of hydrogen-bond acceptors (Lipinski definition) is 3. The third-order valence-electron chi connectivity index (χ3n) is 12.0. The average molecular weight is 459 g/mol. The first-order valence-electron chi connectivity index (χ1n) is 14.8. The van der Waals surface area contributed by atoms with Gasteiger partial charge in [-0.1, -0.05) is 58.3 Å². The van der Waals surface area contributed by atoms with Crippen molar-refractivity contribution in [2.75, 3.05) is 6.61 Å². The fraction of sp³-hybridized carbons (Fsp3) is 0.967. The Morgan fingerprint density at radius 1 is 0.818 bits per heavy atom. The molecule has 5 aliphatic rings. The Hall–Kier alpha value is -0.410. The fourth-order valence-corrected chi connectivity index (χ4v) is 10.2. The molecule has 8 atom stereocenters. The number of aliphatic hydroxyl groups is 2. The van der Waals surface area contributed by atoms with Crippen molar-refractivity contribution in [2.24, 2.45) is 46.3 Å². The Morgan fingerprint density at radius 2 is 1.55 bits per heavy atom. The highest BCUT2D eigenvalue weighted by Crippen LogP contribution is 2.67. The maximum Gasteiger partial charge on any atom is 0.136 e. The van der Waals surface area contributed by atoms with Gasteiger partial charge in [0.15, 0.2) is 0 Å². The molecule has 5 saturated carbocycles. The van der Waals surface area contributed by atoms with Gasteiger partial charge in [0.25, 0.3) is 0 Å². The second-order valence-corrected chi connectivity index (χ2v) is 13.4. The van der Waals surface area contributed by atoms with Crippen LogP contribution < -0.4 is 0 Å².